The van der Waals surface area contributed by atoms with Crippen molar-refractivity contribution in [1.29, 1.82) is 0 Å². The number of hydrogen-bond acceptors (Lipinski definition) is 4. The molecule has 0 amide bonds. The summed E-state index contributed by atoms with van der Waals surface area (Å²) in [5, 5.41) is 11.1. The van der Waals surface area contributed by atoms with E-state index in [2.05, 4.69) is 4.98 Å². The van der Waals surface area contributed by atoms with Crippen molar-refractivity contribution in [3.63, 3.8) is 0 Å². The van der Waals surface area contributed by atoms with E-state index in [1.807, 2.05) is 30.3 Å². The van der Waals surface area contributed by atoms with Crippen LogP contribution in [0.2, 0.25) is 0 Å². The lowest BCUT2D eigenvalue weighted by Gasteiger charge is -2.01. The van der Waals surface area contributed by atoms with Crippen molar-refractivity contribution in [2.75, 3.05) is 0 Å². The zero-order valence-electron chi connectivity index (χ0n) is 9.33. The van der Waals surface area contributed by atoms with Crippen molar-refractivity contribution >= 4 is 17.4 Å². The van der Waals surface area contributed by atoms with E-state index in [0.29, 0.717) is 10.8 Å². The van der Waals surface area contributed by atoms with E-state index in [1.54, 1.807) is 6.07 Å². The predicted molar refractivity (Wildman–Crippen MR) is 69.7 cm³/mol. The van der Waals surface area contributed by atoms with Gasteiger partial charge in [-0.05, 0) is 11.6 Å². The summed E-state index contributed by atoms with van der Waals surface area (Å²) in [6.45, 7) is 0. The second kappa shape index (κ2) is 5.50. The highest BCUT2D eigenvalue weighted by atomic mass is 32.2. The Morgan fingerprint density at radius 3 is 2.50 bits per heavy atom. The molecular weight excluding hydrogens is 252 g/mol. The van der Waals surface area contributed by atoms with Gasteiger partial charge < -0.3 is 4.98 Å². The molecule has 0 bridgehead atoms. The summed E-state index contributed by atoms with van der Waals surface area (Å²) in [5.41, 5.74) is 0.0267. The fraction of sp³-hybridized carbons (Fsp3) is 0.0833. The Hall–Kier alpha value is -2.08. The number of aromatic amines is 1. The summed E-state index contributed by atoms with van der Waals surface area (Å²) >= 11 is 1.43. The number of H-pyrrole nitrogens is 1. The molecule has 0 radical (unpaired) electrons. The first-order valence-corrected chi connectivity index (χ1v) is 6.20. The molecule has 6 heteroatoms. The van der Waals surface area contributed by atoms with Crippen molar-refractivity contribution in [3.8, 4) is 0 Å². The third-order valence-corrected chi connectivity index (χ3v) is 3.32. The Morgan fingerprint density at radius 2 is 1.89 bits per heavy atom. The van der Waals surface area contributed by atoms with Crippen LogP contribution in [0.1, 0.15) is 5.56 Å². The van der Waals surface area contributed by atoms with E-state index in [0.717, 1.165) is 5.56 Å². The molecule has 0 fully saturated rings. The molecule has 1 N–H and O–H groups in total. The largest absolute Gasteiger partial charge is 0.333 e. The molecule has 18 heavy (non-hydrogen) atoms. The number of hydrogen-bond donors (Lipinski definition) is 1. The number of benzene rings is 1. The van der Waals surface area contributed by atoms with Crippen LogP contribution in [0.4, 0.5) is 5.69 Å². The first kappa shape index (κ1) is 12.4. The van der Waals surface area contributed by atoms with Crippen molar-refractivity contribution in [2.45, 2.75) is 10.8 Å². The van der Waals surface area contributed by atoms with Crippen molar-refractivity contribution in [1.82, 2.24) is 4.98 Å². The Labute approximate surface area is 107 Å². The summed E-state index contributed by atoms with van der Waals surface area (Å²) in [6.07, 6.45) is 0. The highest BCUT2D eigenvalue weighted by Crippen LogP contribution is 2.20. The Balaban J connectivity index is 2.09. The number of pyridine rings is 1. The quantitative estimate of drug-likeness (QED) is 0.522. The zero-order chi connectivity index (χ0) is 13.0. The Bertz CT molecular complexity index is 610. The van der Waals surface area contributed by atoms with Gasteiger partial charge in [0, 0.05) is 11.8 Å². The summed E-state index contributed by atoms with van der Waals surface area (Å²) in [6, 6.07) is 12.6. The molecule has 92 valence electrons. The van der Waals surface area contributed by atoms with Crippen molar-refractivity contribution in [3.05, 3.63) is 68.5 Å². The van der Waals surface area contributed by atoms with E-state index >= 15 is 0 Å². The monoisotopic (exact) mass is 262 g/mol. The lowest BCUT2D eigenvalue weighted by Crippen LogP contribution is -2.11. The molecule has 0 saturated carbocycles. The van der Waals surface area contributed by atoms with E-state index in [4.69, 9.17) is 0 Å². The van der Waals surface area contributed by atoms with Crippen LogP contribution in [0.15, 0.2) is 52.3 Å². The van der Waals surface area contributed by atoms with Gasteiger partial charge in [0.2, 0.25) is 0 Å². The molecule has 0 aliphatic carbocycles. The average Bonchev–Trinajstić information content (AvgIpc) is 2.37. The Morgan fingerprint density at radius 1 is 1.17 bits per heavy atom. The van der Waals surface area contributed by atoms with E-state index in [1.165, 1.54) is 17.8 Å². The molecule has 1 aromatic carbocycles. The van der Waals surface area contributed by atoms with E-state index < -0.39 is 16.2 Å². The second-order valence-electron chi connectivity index (χ2n) is 3.57. The van der Waals surface area contributed by atoms with Crippen molar-refractivity contribution < 1.29 is 4.92 Å². The lowest BCUT2D eigenvalue weighted by molar-refractivity contribution is -0.386. The van der Waals surface area contributed by atoms with Crippen LogP contribution in [0, 0.1) is 10.1 Å². The molecular formula is C12H10N2O3S. The number of rotatable bonds is 4. The van der Waals surface area contributed by atoms with Gasteiger partial charge in [-0.2, -0.15) is 0 Å². The van der Waals surface area contributed by atoms with Gasteiger partial charge in [0.1, 0.15) is 0 Å². The van der Waals surface area contributed by atoms with Gasteiger partial charge in [-0.1, -0.05) is 30.3 Å². The van der Waals surface area contributed by atoms with E-state index in [-0.39, 0.29) is 0 Å². The summed E-state index contributed by atoms with van der Waals surface area (Å²) < 4.78 is 0. The molecule has 0 unspecified atom stereocenters. The molecule has 1 aromatic heterocycles. The third kappa shape index (κ3) is 2.98. The van der Waals surface area contributed by atoms with Crippen molar-refractivity contribution in [2.24, 2.45) is 0 Å². The average molecular weight is 262 g/mol. The summed E-state index contributed by atoms with van der Waals surface area (Å²) in [4.78, 5) is 23.7. The van der Waals surface area contributed by atoms with Gasteiger partial charge in [-0.25, -0.2) is 0 Å². The lowest BCUT2D eigenvalue weighted by atomic mass is 10.2. The number of thioether (sulfide) groups is 1. The first-order chi connectivity index (χ1) is 8.66. The number of nitrogens with one attached hydrogen (secondary N) is 1. The molecule has 1 heterocycles. The van der Waals surface area contributed by atoms with Gasteiger partial charge in [-0.15, -0.1) is 11.8 Å². The van der Waals surface area contributed by atoms with Crippen LogP contribution < -0.4 is 5.56 Å². The summed E-state index contributed by atoms with van der Waals surface area (Å²) in [7, 11) is 0. The molecule has 0 aliphatic heterocycles. The number of nitrogens with zero attached hydrogens (tertiary/aromatic N) is 1. The SMILES string of the molecule is O=c1[nH]c(SCc2ccccc2)ccc1[N+](=O)[O-]. The molecule has 0 atom stereocenters. The number of nitro groups is 1. The first-order valence-electron chi connectivity index (χ1n) is 5.21. The van der Waals surface area contributed by atoms with Gasteiger partial charge >= 0.3 is 11.2 Å². The minimum Gasteiger partial charge on any atom is -0.311 e. The van der Waals surface area contributed by atoms with Crippen LogP contribution in [0.5, 0.6) is 0 Å². The van der Waals surface area contributed by atoms with Gasteiger partial charge in [0.25, 0.3) is 0 Å². The van der Waals surface area contributed by atoms with E-state index in [9.17, 15) is 14.9 Å². The Kier molecular flexibility index (Phi) is 3.78. The predicted octanol–water partition coefficient (Wildman–Crippen LogP) is 2.58. The maximum absolute atomic E-state index is 11.4. The van der Waals surface area contributed by atoms with Crippen LogP contribution in [-0.4, -0.2) is 9.91 Å². The maximum atomic E-state index is 11.4. The summed E-state index contributed by atoms with van der Waals surface area (Å²) in [5.74, 6) is 0.703. The molecule has 2 aromatic rings. The van der Waals surface area contributed by atoms with Gasteiger partial charge in [-0.3, -0.25) is 14.9 Å². The molecule has 0 saturated heterocycles. The van der Waals surface area contributed by atoms with Crippen LogP contribution >= 0.6 is 11.8 Å². The normalized spacial score (nSPS) is 10.2. The highest BCUT2D eigenvalue weighted by Gasteiger charge is 2.11. The highest BCUT2D eigenvalue weighted by molar-refractivity contribution is 7.98. The second-order valence-corrected chi connectivity index (χ2v) is 4.59. The molecule has 0 aliphatic rings. The maximum Gasteiger partial charge on any atom is 0.333 e. The van der Waals surface area contributed by atoms with Crippen LogP contribution in [-0.2, 0) is 5.75 Å². The minimum absolute atomic E-state index is 0.431. The van der Waals surface area contributed by atoms with Crippen LogP contribution in [0.25, 0.3) is 0 Å². The van der Waals surface area contributed by atoms with Gasteiger partial charge in [0.15, 0.2) is 0 Å². The topological polar surface area (TPSA) is 76.0 Å². The fourth-order valence-electron chi connectivity index (χ4n) is 1.41. The fourth-order valence-corrected chi connectivity index (χ4v) is 2.25. The van der Waals surface area contributed by atoms with Gasteiger partial charge in [0.05, 0.1) is 9.95 Å². The molecule has 5 nitrogen and oxygen atoms in total. The number of aromatic nitrogens is 1. The third-order valence-electron chi connectivity index (χ3n) is 2.30. The zero-order valence-corrected chi connectivity index (χ0v) is 10.1. The smallest absolute Gasteiger partial charge is 0.311 e. The van der Waals surface area contributed by atoms with Crippen LogP contribution in [0.3, 0.4) is 0 Å². The standard InChI is InChI=1S/C12H10N2O3S/c15-12-10(14(16)17)6-7-11(13-12)18-8-9-4-2-1-3-5-9/h1-7H,8H2,(H,13,15). The molecule has 0 spiro atoms. The minimum atomic E-state index is -0.690. The molecule has 2 rings (SSSR count).